The minimum absolute atomic E-state index is 0.00501. The lowest BCUT2D eigenvalue weighted by molar-refractivity contribution is -0.142. The predicted molar refractivity (Wildman–Crippen MR) is 167 cm³/mol. The van der Waals surface area contributed by atoms with Crippen LogP contribution in [-0.4, -0.2) is 74.0 Å². The summed E-state index contributed by atoms with van der Waals surface area (Å²) in [5.41, 5.74) is 1.15. The standard InChI is InChI=1S/C33H38F3N3O5S/c1-5-37-11-7-8-21-14-24-28(16-26(21)37)44-29-17-27-23(15-25(29)30(24)33(34,35)36)22(18-32(3,4)39(27)6-2)19-45(42,43)38-12-9-20(10-13-38)31(40)41/h14-18,20H,5-13,19H2,1-4H3/p+1. The van der Waals surface area contributed by atoms with Crippen molar-refractivity contribution < 1.29 is 36.2 Å². The number of halogens is 3. The van der Waals surface area contributed by atoms with Crippen molar-refractivity contribution in [1.82, 2.24) is 8.88 Å². The van der Waals surface area contributed by atoms with E-state index in [0.29, 0.717) is 29.5 Å². The highest BCUT2D eigenvalue weighted by Crippen LogP contribution is 2.45. The van der Waals surface area contributed by atoms with Crippen molar-refractivity contribution in [3.63, 3.8) is 0 Å². The number of rotatable bonds is 6. The summed E-state index contributed by atoms with van der Waals surface area (Å²) in [4.78, 5) is 13.6. The lowest BCUT2D eigenvalue weighted by atomic mass is 9.89. The smallest absolute Gasteiger partial charge is 0.417 e. The fourth-order valence-electron chi connectivity index (χ4n) is 7.45. The predicted octanol–water partition coefficient (Wildman–Crippen LogP) is 4.14. The van der Waals surface area contributed by atoms with E-state index < -0.39 is 45.0 Å². The zero-order valence-corrected chi connectivity index (χ0v) is 26.8. The molecule has 0 aromatic heterocycles. The maximum atomic E-state index is 15.0. The van der Waals surface area contributed by atoms with Crippen LogP contribution in [0.25, 0.3) is 11.1 Å². The van der Waals surface area contributed by atoms with Crippen LogP contribution in [0.3, 0.4) is 0 Å². The van der Waals surface area contributed by atoms with Gasteiger partial charge in [0, 0.05) is 62.6 Å². The highest BCUT2D eigenvalue weighted by molar-refractivity contribution is 7.89. The summed E-state index contributed by atoms with van der Waals surface area (Å²) in [6.45, 7) is 10.1. The van der Waals surface area contributed by atoms with Crippen LogP contribution in [-0.2, 0) is 21.2 Å². The van der Waals surface area contributed by atoms with Crippen molar-refractivity contribution >= 4 is 32.8 Å². The number of hydrogen-bond donors (Lipinski definition) is 1. The Labute approximate surface area is 261 Å². The van der Waals surface area contributed by atoms with E-state index in [0.717, 1.165) is 30.8 Å². The average molecular weight is 647 g/mol. The minimum Gasteiger partial charge on any atom is -0.481 e. The second-order valence-corrected chi connectivity index (χ2v) is 14.8. The van der Waals surface area contributed by atoms with Crippen molar-refractivity contribution in [2.45, 2.75) is 65.1 Å². The second-order valence-electron chi connectivity index (χ2n) is 12.8. The van der Waals surface area contributed by atoms with E-state index in [-0.39, 0.29) is 48.2 Å². The van der Waals surface area contributed by atoms with Gasteiger partial charge in [-0.1, -0.05) is 0 Å². The molecule has 45 heavy (non-hydrogen) atoms. The van der Waals surface area contributed by atoms with E-state index >= 15 is 0 Å². The maximum Gasteiger partial charge on any atom is 0.417 e. The highest BCUT2D eigenvalue weighted by Gasteiger charge is 2.43. The van der Waals surface area contributed by atoms with Crippen molar-refractivity contribution in [3.8, 4) is 11.5 Å². The van der Waals surface area contributed by atoms with Crippen molar-refractivity contribution in [2.75, 3.05) is 43.4 Å². The number of ether oxygens (including phenoxy) is 1. The molecule has 0 aliphatic carbocycles. The molecule has 2 aromatic carbocycles. The molecule has 8 nitrogen and oxygen atoms in total. The molecule has 242 valence electrons. The van der Waals surface area contributed by atoms with Crippen LogP contribution in [0.1, 0.15) is 63.6 Å². The number of sulfonamides is 1. The Bertz CT molecular complexity index is 1840. The monoisotopic (exact) mass is 646 g/mol. The Morgan fingerprint density at radius 3 is 2.40 bits per heavy atom. The molecule has 0 bridgehead atoms. The Balaban J connectivity index is 1.52. The van der Waals surface area contributed by atoms with Gasteiger partial charge in [-0.15, -0.1) is 0 Å². The van der Waals surface area contributed by atoms with Gasteiger partial charge in [-0.2, -0.15) is 13.2 Å². The van der Waals surface area contributed by atoms with Gasteiger partial charge in [-0.25, -0.2) is 17.3 Å². The second kappa shape index (κ2) is 11.2. The van der Waals surface area contributed by atoms with Gasteiger partial charge in [-0.3, -0.25) is 4.79 Å². The molecule has 1 saturated heterocycles. The number of carbonyl (C=O) groups is 1. The number of alkyl halides is 3. The number of carboxylic acid groups (broad SMARTS) is 1. The number of aliphatic carboxylic acids is 1. The number of likely N-dealkylation sites (N-methyl/N-ethyl adjacent to an activating group) is 1. The van der Waals surface area contributed by atoms with E-state index in [1.807, 2.05) is 38.3 Å². The molecule has 0 unspecified atom stereocenters. The summed E-state index contributed by atoms with van der Waals surface area (Å²) in [7, 11) is -3.89. The van der Waals surface area contributed by atoms with Gasteiger partial charge in [0.2, 0.25) is 15.4 Å². The molecule has 1 N–H and O–H groups in total. The number of carboxylic acids is 1. The molecule has 0 amide bonds. The zero-order valence-electron chi connectivity index (χ0n) is 26.0. The summed E-state index contributed by atoms with van der Waals surface area (Å²) in [5, 5.41) is 9.84. The van der Waals surface area contributed by atoms with Crippen molar-refractivity contribution in [2.24, 2.45) is 5.92 Å². The van der Waals surface area contributed by atoms with Crippen molar-refractivity contribution in [1.29, 1.82) is 0 Å². The molecule has 0 spiro atoms. The normalized spacial score (nSPS) is 20.1. The van der Waals surface area contributed by atoms with Crippen molar-refractivity contribution in [3.05, 3.63) is 57.6 Å². The largest absolute Gasteiger partial charge is 0.481 e. The molecule has 12 heteroatoms. The fourth-order valence-corrected chi connectivity index (χ4v) is 9.04. The molecular weight excluding hydrogens is 607 g/mol. The Morgan fingerprint density at radius 1 is 1.07 bits per heavy atom. The molecule has 4 aliphatic rings. The van der Waals surface area contributed by atoms with Crippen LogP contribution in [0.2, 0.25) is 0 Å². The Morgan fingerprint density at radius 2 is 1.78 bits per heavy atom. The molecule has 1 fully saturated rings. The average Bonchev–Trinajstić information content (AvgIpc) is 2.96. The van der Waals surface area contributed by atoms with Crippen LogP contribution in [0, 0.1) is 5.92 Å². The number of aryl methyl sites for hydroxylation is 1. The Kier molecular flexibility index (Phi) is 7.83. The summed E-state index contributed by atoms with van der Waals surface area (Å²) >= 11 is 0. The molecule has 0 saturated carbocycles. The van der Waals surface area contributed by atoms with Gasteiger partial charge < -0.3 is 14.7 Å². The number of anilines is 1. The molecule has 0 atom stereocenters. The quantitative estimate of drug-likeness (QED) is 0.475. The first kappa shape index (κ1) is 31.6. The number of benzene rings is 2. The van der Waals surface area contributed by atoms with E-state index in [9.17, 15) is 31.5 Å². The van der Waals surface area contributed by atoms with Crippen LogP contribution in [0.5, 0.6) is 11.5 Å². The first-order valence-corrected chi connectivity index (χ1v) is 17.2. The number of hydrogen-bond acceptors (Lipinski definition) is 5. The minimum atomic E-state index is -4.70. The molecule has 2 aromatic rings. The summed E-state index contributed by atoms with van der Waals surface area (Å²) < 4.78 is 82.0. The van der Waals surface area contributed by atoms with E-state index in [2.05, 4.69) is 4.90 Å². The molecule has 4 aliphatic heterocycles. The van der Waals surface area contributed by atoms with Crippen LogP contribution >= 0.6 is 0 Å². The molecule has 0 radical (unpaired) electrons. The van der Waals surface area contributed by atoms with Crippen LogP contribution in [0.4, 0.5) is 18.9 Å². The lowest BCUT2D eigenvalue weighted by Gasteiger charge is -2.33. The first-order chi connectivity index (χ1) is 21.1. The third-order valence-corrected chi connectivity index (χ3v) is 11.5. The van der Waals surface area contributed by atoms with Gasteiger partial charge in [0.1, 0.15) is 18.0 Å². The summed E-state index contributed by atoms with van der Waals surface area (Å²) in [5.74, 6) is -1.69. The highest BCUT2D eigenvalue weighted by atomic mass is 32.2. The van der Waals surface area contributed by atoms with Gasteiger partial charge in [-0.05, 0) is 68.9 Å². The van der Waals surface area contributed by atoms with E-state index in [1.54, 1.807) is 18.2 Å². The van der Waals surface area contributed by atoms with Gasteiger partial charge in [0.05, 0.1) is 28.9 Å². The van der Waals surface area contributed by atoms with E-state index in [1.165, 1.54) is 10.4 Å². The molecule has 4 heterocycles. The fraction of sp³-hybridized carbons (Fsp3) is 0.515. The van der Waals surface area contributed by atoms with Gasteiger partial charge >= 0.3 is 12.1 Å². The number of fused-ring (bicyclic) bond motifs is 4. The zero-order chi connectivity index (χ0) is 32.5. The lowest BCUT2D eigenvalue weighted by Crippen LogP contribution is -2.50. The van der Waals surface area contributed by atoms with E-state index in [4.69, 9.17) is 4.74 Å². The summed E-state index contributed by atoms with van der Waals surface area (Å²) in [6.07, 6.45) is -0.910. The Hall–Kier alpha value is -3.38. The SMILES string of the molecule is CCN1CCCc2cc3c(cc21)Oc1cc2c(cc1=C3C(F)(F)F)C(CS(=O)(=O)N1CCC(C(=O)O)CC1)=CC(C)(C)[N+]=2CC. The maximum absolute atomic E-state index is 15.0. The third kappa shape index (κ3) is 5.54. The molecular formula is C33H39F3N3O5S+. The third-order valence-electron chi connectivity index (χ3n) is 9.63. The topological polar surface area (TPSA) is 90.2 Å². The van der Waals surface area contributed by atoms with Crippen LogP contribution < -0.4 is 24.8 Å². The van der Waals surface area contributed by atoms with Crippen LogP contribution in [0.15, 0.2) is 30.3 Å². The summed E-state index contributed by atoms with van der Waals surface area (Å²) in [6, 6.07) is 6.42. The molecule has 6 rings (SSSR count). The van der Waals surface area contributed by atoms with Gasteiger partial charge in [0.15, 0.2) is 5.54 Å². The van der Waals surface area contributed by atoms with Gasteiger partial charge in [0.25, 0.3) is 0 Å². The number of nitrogens with zero attached hydrogens (tertiary/aromatic N) is 3. The number of piperidine rings is 1. The first-order valence-electron chi connectivity index (χ1n) is 15.6.